The van der Waals surface area contributed by atoms with E-state index in [1.807, 2.05) is 48.5 Å². The largest absolute Gasteiger partial charge is 0.369 e. The molecule has 0 saturated carbocycles. The number of hydrogen-bond acceptors (Lipinski definition) is 4. The van der Waals surface area contributed by atoms with Crippen LogP contribution in [0.5, 0.6) is 0 Å². The van der Waals surface area contributed by atoms with E-state index >= 15 is 0 Å². The van der Waals surface area contributed by atoms with Gasteiger partial charge in [-0.25, -0.2) is 0 Å². The summed E-state index contributed by atoms with van der Waals surface area (Å²) >= 11 is 18.4. The fourth-order valence-electron chi connectivity index (χ4n) is 6.18. The molecule has 0 radical (unpaired) electrons. The van der Waals surface area contributed by atoms with Gasteiger partial charge >= 0.3 is 0 Å². The number of carbonyl (C=O) groups is 2. The standard InChI is InChI=1S/C33H27Cl3N2O2/c34-25-11-5-22(6-12-25)31(39)17-19-37-20-18-33(24-9-15-27(36)16-10-24)28(32(40)23-7-13-26(35)14-8-23)21-38(33)30-4-2-1-3-29(30)37/h1-16,28H,17-21H2. The molecule has 0 N–H and O–H groups in total. The molecule has 7 heteroatoms. The minimum absolute atomic E-state index is 0.0740. The fraction of sp³-hybridized carbons (Fsp3) is 0.212. The average molecular weight is 590 g/mol. The molecule has 2 aliphatic rings. The quantitative estimate of drug-likeness (QED) is 0.203. The molecule has 0 spiro atoms. The number of nitrogens with zero attached hydrogens (tertiary/aromatic N) is 2. The van der Waals surface area contributed by atoms with Crippen LogP contribution in [0.3, 0.4) is 0 Å². The smallest absolute Gasteiger partial charge is 0.170 e. The van der Waals surface area contributed by atoms with E-state index in [2.05, 4.69) is 21.9 Å². The second-order valence-corrected chi connectivity index (χ2v) is 11.7. The second-order valence-electron chi connectivity index (χ2n) is 10.4. The summed E-state index contributed by atoms with van der Waals surface area (Å²) in [4.78, 5) is 31.7. The maximum atomic E-state index is 14.0. The molecule has 0 bridgehead atoms. The van der Waals surface area contributed by atoms with Crippen molar-refractivity contribution < 1.29 is 9.59 Å². The number of Topliss-reactive ketones (excluding diaryl/α,β-unsaturated/α-hetero) is 2. The van der Waals surface area contributed by atoms with Gasteiger partial charge in [0, 0.05) is 52.2 Å². The monoisotopic (exact) mass is 588 g/mol. The number of para-hydroxylation sites is 2. The van der Waals surface area contributed by atoms with Gasteiger partial charge in [-0.2, -0.15) is 0 Å². The summed E-state index contributed by atoms with van der Waals surface area (Å²) in [5.41, 5.74) is 3.96. The molecular weight excluding hydrogens is 563 g/mol. The van der Waals surface area contributed by atoms with E-state index in [1.54, 1.807) is 36.4 Å². The Bertz CT molecular complexity index is 1550. The molecule has 40 heavy (non-hydrogen) atoms. The maximum Gasteiger partial charge on any atom is 0.170 e. The van der Waals surface area contributed by atoms with Crippen molar-refractivity contribution in [3.05, 3.63) is 129 Å². The highest BCUT2D eigenvalue weighted by atomic mass is 35.5. The Morgan fingerprint density at radius 1 is 0.725 bits per heavy atom. The lowest BCUT2D eigenvalue weighted by atomic mass is 9.64. The van der Waals surface area contributed by atoms with Crippen LogP contribution in [0.15, 0.2) is 97.1 Å². The van der Waals surface area contributed by atoms with Crippen molar-refractivity contribution in [3.8, 4) is 0 Å². The van der Waals surface area contributed by atoms with Gasteiger partial charge in [0.15, 0.2) is 11.6 Å². The molecule has 2 unspecified atom stereocenters. The van der Waals surface area contributed by atoms with Crippen molar-refractivity contribution >= 4 is 57.7 Å². The van der Waals surface area contributed by atoms with E-state index < -0.39 is 5.54 Å². The minimum atomic E-state index is -0.549. The summed E-state index contributed by atoms with van der Waals surface area (Å²) in [7, 11) is 0. The summed E-state index contributed by atoms with van der Waals surface area (Å²) in [5, 5.41) is 1.87. The van der Waals surface area contributed by atoms with Crippen molar-refractivity contribution in [1.29, 1.82) is 0 Å². The van der Waals surface area contributed by atoms with E-state index in [0.717, 1.165) is 16.9 Å². The first-order valence-corrected chi connectivity index (χ1v) is 14.5. The molecule has 0 aliphatic carbocycles. The summed E-state index contributed by atoms with van der Waals surface area (Å²) in [6, 6.07) is 30.3. The van der Waals surface area contributed by atoms with Gasteiger partial charge in [0.05, 0.1) is 22.8 Å². The number of benzene rings is 4. The summed E-state index contributed by atoms with van der Waals surface area (Å²) in [5.74, 6) is -0.0739. The zero-order valence-corrected chi connectivity index (χ0v) is 24.0. The highest BCUT2D eigenvalue weighted by Crippen LogP contribution is 2.55. The van der Waals surface area contributed by atoms with E-state index in [4.69, 9.17) is 34.8 Å². The van der Waals surface area contributed by atoms with Crippen molar-refractivity contribution in [2.75, 3.05) is 29.4 Å². The Kier molecular flexibility index (Phi) is 7.35. The Balaban J connectivity index is 1.35. The molecule has 1 fully saturated rings. The number of fused-ring (bicyclic) bond motifs is 3. The van der Waals surface area contributed by atoms with Crippen LogP contribution < -0.4 is 9.80 Å². The molecule has 0 amide bonds. The Morgan fingerprint density at radius 2 is 1.27 bits per heavy atom. The predicted octanol–water partition coefficient (Wildman–Crippen LogP) is 8.34. The molecule has 1 saturated heterocycles. The first-order chi connectivity index (χ1) is 19.4. The molecule has 0 aromatic heterocycles. The number of ketones is 2. The van der Waals surface area contributed by atoms with E-state index in [9.17, 15) is 9.59 Å². The molecule has 2 heterocycles. The lowest BCUT2D eigenvalue weighted by Crippen LogP contribution is -2.67. The third-order valence-electron chi connectivity index (χ3n) is 8.26. The van der Waals surface area contributed by atoms with Crippen LogP contribution in [-0.4, -0.2) is 31.2 Å². The van der Waals surface area contributed by atoms with Crippen LogP contribution in [-0.2, 0) is 5.54 Å². The fourth-order valence-corrected chi connectivity index (χ4v) is 6.56. The highest BCUT2D eigenvalue weighted by molar-refractivity contribution is 6.31. The normalized spacial score (nSPS) is 19.7. The zero-order valence-electron chi connectivity index (χ0n) is 21.7. The number of carbonyl (C=O) groups excluding carboxylic acids is 2. The molecule has 4 aromatic carbocycles. The van der Waals surface area contributed by atoms with Gasteiger partial charge in [-0.15, -0.1) is 0 Å². The number of rotatable bonds is 7. The van der Waals surface area contributed by atoms with Crippen LogP contribution in [0.2, 0.25) is 15.1 Å². The number of anilines is 2. The molecule has 4 nitrogen and oxygen atoms in total. The van der Waals surface area contributed by atoms with Gasteiger partial charge in [0.1, 0.15) is 0 Å². The lowest BCUT2D eigenvalue weighted by molar-refractivity contribution is 0.0706. The molecule has 202 valence electrons. The Hall–Kier alpha value is -3.31. The average Bonchev–Trinajstić information content (AvgIpc) is 3.05. The van der Waals surface area contributed by atoms with Crippen molar-refractivity contribution in [3.63, 3.8) is 0 Å². The summed E-state index contributed by atoms with van der Waals surface area (Å²) < 4.78 is 0. The first kappa shape index (κ1) is 26.9. The van der Waals surface area contributed by atoms with Crippen LogP contribution >= 0.6 is 34.8 Å². The second kappa shape index (κ2) is 10.9. The number of halogens is 3. The zero-order chi connectivity index (χ0) is 27.9. The van der Waals surface area contributed by atoms with Crippen molar-refractivity contribution in [2.24, 2.45) is 5.92 Å². The van der Waals surface area contributed by atoms with Gasteiger partial charge < -0.3 is 9.80 Å². The molecule has 2 aliphatic heterocycles. The number of hydrogen-bond donors (Lipinski definition) is 0. The van der Waals surface area contributed by atoms with Crippen molar-refractivity contribution in [2.45, 2.75) is 18.4 Å². The van der Waals surface area contributed by atoms with Gasteiger partial charge in [-0.3, -0.25) is 9.59 Å². The Morgan fingerprint density at radius 3 is 1.90 bits per heavy atom. The van der Waals surface area contributed by atoms with Crippen LogP contribution in [0, 0.1) is 5.92 Å². The minimum Gasteiger partial charge on any atom is -0.369 e. The third-order valence-corrected chi connectivity index (χ3v) is 9.02. The van der Waals surface area contributed by atoms with Crippen molar-refractivity contribution in [1.82, 2.24) is 0 Å². The van der Waals surface area contributed by atoms with Crippen LogP contribution in [0.4, 0.5) is 11.4 Å². The maximum absolute atomic E-state index is 14.0. The predicted molar refractivity (Wildman–Crippen MR) is 163 cm³/mol. The van der Waals surface area contributed by atoms with Gasteiger partial charge in [-0.1, -0.05) is 59.1 Å². The highest BCUT2D eigenvalue weighted by Gasteiger charge is 2.59. The van der Waals surface area contributed by atoms with E-state index in [1.165, 1.54) is 0 Å². The van der Waals surface area contributed by atoms with E-state index in [-0.39, 0.29) is 17.5 Å². The van der Waals surface area contributed by atoms with Crippen LogP contribution in [0.1, 0.15) is 39.1 Å². The van der Waals surface area contributed by atoms with Gasteiger partial charge in [0.25, 0.3) is 0 Å². The topological polar surface area (TPSA) is 40.6 Å². The molecule has 6 rings (SSSR count). The van der Waals surface area contributed by atoms with Gasteiger partial charge in [-0.05, 0) is 84.8 Å². The SMILES string of the molecule is O=C(CCN1CCC2(c3ccc(Cl)cc3)C(C(=O)c3ccc(Cl)cc3)CN2c2ccccc21)c1ccc(Cl)cc1. The third kappa shape index (κ3) is 4.79. The molecular formula is C33H27Cl3N2O2. The molecule has 4 aromatic rings. The summed E-state index contributed by atoms with van der Waals surface area (Å²) in [6.45, 7) is 1.85. The van der Waals surface area contributed by atoms with E-state index in [0.29, 0.717) is 58.7 Å². The Labute approximate surface area is 249 Å². The van der Waals surface area contributed by atoms with Crippen LogP contribution in [0.25, 0.3) is 0 Å². The van der Waals surface area contributed by atoms with Gasteiger partial charge in [0.2, 0.25) is 0 Å². The summed E-state index contributed by atoms with van der Waals surface area (Å²) in [6.07, 6.45) is 1.08. The molecule has 2 atom stereocenters. The lowest BCUT2D eigenvalue weighted by Gasteiger charge is -2.59. The first-order valence-electron chi connectivity index (χ1n) is 13.3.